The fourth-order valence-electron chi connectivity index (χ4n) is 4.66. The maximum absolute atomic E-state index is 12.8. The summed E-state index contributed by atoms with van der Waals surface area (Å²) in [7, 11) is 1.47. The molecule has 3 heterocycles. The molecule has 2 aromatic rings. The van der Waals surface area contributed by atoms with Crippen molar-refractivity contribution in [3.63, 3.8) is 0 Å². The second-order valence-corrected chi connectivity index (χ2v) is 8.67. The Bertz CT molecular complexity index is 963. The summed E-state index contributed by atoms with van der Waals surface area (Å²) in [6.45, 7) is 0.569. The number of methoxy groups -OCH3 is 1. The van der Waals surface area contributed by atoms with Crippen LogP contribution in [0.3, 0.4) is 0 Å². The maximum Gasteiger partial charge on any atom is 0.316 e. The Morgan fingerprint density at radius 3 is 2.72 bits per heavy atom. The molecule has 8 heteroatoms. The van der Waals surface area contributed by atoms with Crippen molar-refractivity contribution in [2.75, 3.05) is 13.7 Å². The first kappa shape index (κ1) is 22.2. The summed E-state index contributed by atoms with van der Waals surface area (Å²) in [5.41, 5.74) is 4.43. The van der Waals surface area contributed by atoms with Gasteiger partial charge in [0.15, 0.2) is 0 Å². The predicted octanol–water partition coefficient (Wildman–Crippen LogP) is 3.15. The van der Waals surface area contributed by atoms with Crippen LogP contribution in [-0.2, 0) is 28.9 Å². The molecule has 1 aliphatic heterocycles. The molecular weight excluding hydrogens is 408 g/mol. The Morgan fingerprint density at radius 1 is 1.22 bits per heavy atom. The minimum absolute atomic E-state index is 0.0129. The van der Waals surface area contributed by atoms with Crippen LogP contribution in [0.15, 0.2) is 24.5 Å². The Labute approximate surface area is 188 Å². The number of aryl methyl sites for hydroxylation is 3. The number of hydrogen-bond donors (Lipinski definition) is 1. The first-order valence-corrected chi connectivity index (χ1v) is 11.4. The fraction of sp³-hybridized carbons (Fsp3) is 0.542. The van der Waals surface area contributed by atoms with Gasteiger partial charge in [0.25, 0.3) is 0 Å². The zero-order valence-electron chi connectivity index (χ0n) is 18.5. The maximum atomic E-state index is 12.8. The van der Waals surface area contributed by atoms with E-state index >= 15 is 0 Å². The Hall–Kier alpha value is -3.03. The number of unbranched alkanes of at least 4 members (excludes halogenated alkanes) is 1. The minimum atomic E-state index is -0.959. The van der Waals surface area contributed by atoms with Gasteiger partial charge in [0, 0.05) is 35.9 Å². The number of amides is 1. The van der Waals surface area contributed by atoms with E-state index in [0.29, 0.717) is 12.1 Å². The molecule has 1 unspecified atom stereocenters. The van der Waals surface area contributed by atoms with Gasteiger partial charge in [-0.15, -0.1) is 0 Å². The number of carboxylic acid groups (broad SMARTS) is 1. The zero-order chi connectivity index (χ0) is 22.5. The highest BCUT2D eigenvalue weighted by molar-refractivity contribution is 5.85. The monoisotopic (exact) mass is 438 g/mol. The normalized spacial score (nSPS) is 18.6. The molecule has 2 aromatic heterocycles. The van der Waals surface area contributed by atoms with Gasteiger partial charge in [-0.3, -0.25) is 14.6 Å². The summed E-state index contributed by atoms with van der Waals surface area (Å²) in [5, 5.41) is 9.31. The molecule has 2 atom stereocenters. The summed E-state index contributed by atoms with van der Waals surface area (Å²) in [6, 6.07) is 4.04. The average Bonchev–Trinajstić information content (AvgIpc) is 2.81. The number of nitrogens with zero attached hydrogens (tertiary/aromatic N) is 4. The van der Waals surface area contributed by atoms with Gasteiger partial charge in [-0.2, -0.15) is 0 Å². The fourth-order valence-corrected chi connectivity index (χ4v) is 4.66. The van der Waals surface area contributed by atoms with Crippen LogP contribution in [0.5, 0.6) is 6.01 Å². The van der Waals surface area contributed by atoms with Gasteiger partial charge >= 0.3 is 12.0 Å². The molecule has 170 valence electrons. The number of carboxylic acids is 1. The van der Waals surface area contributed by atoms with Crippen LogP contribution in [0.25, 0.3) is 0 Å². The van der Waals surface area contributed by atoms with Crippen LogP contribution in [0.1, 0.15) is 67.1 Å². The number of carbonyl (C=O) groups excluding carboxylic acids is 1. The van der Waals surface area contributed by atoms with Crippen LogP contribution in [0.4, 0.5) is 0 Å². The number of ether oxygens (including phenoxy) is 1. The zero-order valence-corrected chi connectivity index (χ0v) is 18.5. The van der Waals surface area contributed by atoms with Crippen LogP contribution < -0.4 is 4.74 Å². The Kier molecular flexibility index (Phi) is 6.97. The van der Waals surface area contributed by atoms with Gasteiger partial charge < -0.3 is 14.7 Å². The third kappa shape index (κ3) is 5.06. The van der Waals surface area contributed by atoms with E-state index in [9.17, 15) is 14.7 Å². The van der Waals surface area contributed by atoms with Gasteiger partial charge in [-0.05, 0) is 56.6 Å². The highest BCUT2D eigenvalue weighted by atomic mass is 16.5. The van der Waals surface area contributed by atoms with Crippen LogP contribution in [0.2, 0.25) is 0 Å². The Morgan fingerprint density at radius 2 is 2.00 bits per heavy atom. The van der Waals surface area contributed by atoms with Gasteiger partial charge in [0.1, 0.15) is 0 Å². The standard InChI is InChI=1S/C24H30N4O4/c1-32-24-25-13-18(14-26-24)21(12-22(29)30)28-15-17(23(28)31)7-2-4-8-19-11-10-16-6-3-5-9-20(16)27-19/h10-11,13-14,17,21H,2-9,12,15H2,1H3,(H,29,30)/t17?,21-/m0/s1. The molecule has 8 nitrogen and oxygen atoms in total. The first-order chi connectivity index (χ1) is 15.5. The lowest BCUT2D eigenvalue weighted by Crippen LogP contribution is -2.54. The lowest BCUT2D eigenvalue weighted by Gasteiger charge is -2.43. The Balaban J connectivity index is 1.26. The summed E-state index contributed by atoms with van der Waals surface area (Å²) in [4.78, 5) is 38.7. The quantitative estimate of drug-likeness (QED) is 0.449. The van der Waals surface area contributed by atoms with E-state index in [1.54, 1.807) is 4.90 Å². The van der Waals surface area contributed by atoms with E-state index < -0.39 is 12.0 Å². The highest BCUT2D eigenvalue weighted by Gasteiger charge is 2.41. The number of aliphatic carboxylic acids is 1. The largest absolute Gasteiger partial charge is 0.481 e. The number of carbonyl (C=O) groups is 2. The predicted molar refractivity (Wildman–Crippen MR) is 117 cm³/mol. The molecule has 0 radical (unpaired) electrons. The van der Waals surface area contributed by atoms with Crippen molar-refractivity contribution >= 4 is 11.9 Å². The van der Waals surface area contributed by atoms with Crippen LogP contribution in [0, 0.1) is 5.92 Å². The molecule has 1 aliphatic carbocycles. The average molecular weight is 439 g/mol. The molecule has 32 heavy (non-hydrogen) atoms. The van der Waals surface area contributed by atoms with Crippen LogP contribution >= 0.6 is 0 Å². The molecule has 0 saturated carbocycles. The van der Waals surface area contributed by atoms with E-state index in [1.165, 1.54) is 43.6 Å². The summed E-state index contributed by atoms with van der Waals surface area (Å²) < 4.78 is 4.96. The van der Waals surface area contributed by atoms with E-state index in [-0.39, 0.29) is 24.3 Å². The molecule has 1 N–H and O–H groups in total. The third-order valence-electron chi connectivity index (χ3n) is 6.48. The van der Waals surface area contributed by atoms with E-state index in [2.05, 4.69) is 22.1 Å². The number of rotatable bonds is 10. The van der Waals surface area contributed by atoms with Gasteiger partial charge in [-0.25, -0.2) is 9.97 Å². The van der Waals surface area contributed by atoms with Gasteiger partial charge in [-0.1, -0.05) is 12.5 Å². The van der Waals surface area contributed by atoms with Crippen LogP contribution in [-0.4, -0.2) is 50.5 Å². The van der Waals surface area contributed by atoms with Crippen molar-refractivity contribution in [3.05, 3.63) is 47.0 Å². The first-order valence-electron chi connectivity index (χ1n) is 11.4. The molecular formula is C24H30N4O4. The van der Waals surface area contributed by atoms with Crippen molar-refractivity contribution in [1.82, 2.24) is 19.9 Å². The molecule has 1 amide bonds. The van der Waals surface area contributed by atoms with E-state index in [4.69, 9.17) is 9.72 Å². The van der Waals surface area contributed by atoms with Gasteiger partial charge in [0.2, 0.25) is 5.91 Å². The topological polar surface area (TPSA) is 106 Å². The number of likely N-dealkylation sites (tertiary alicyclic amines) is 1. The van der Waals surface area contributed by atoms with Crippen molar-refractivity contribution in [2.24, 2.45) is 5.92 Å². The molecule has 4 rings (SSSR count). The smallest absolute Gasteiger partial charge is 0.316 e. The summed E-state index contributed by atoms with van der Waals surface area (Å²) >= 11 is 0. The number of pyridine rings is 1. The number of fused-ring (bicyclic) bond motifs is 1. The molecule has 1 saturated heterocycles. The van der Waals surface area contributed by atoms with E-state index in [1.807, 2.05) is 0 Å². The lowest BCUT2D eigenvalue weighted by atomic mass is 9.88. The second kappa shape index (κ2) is 10.1. The van der Waals surface area contributed by atoms with Crippen molar-refractivity contribution in [3.8, 4) is 6.01 Å². The van der Waals surface area contributed by atoms with Crippen molar-refractivity contribution in [2.45, 2.75) is 63.8 Å². The SMILES string of the molecule is COc1ncc([C@H](CC(=O)O)N2CC(CCCCc3ccc4c(n3)CCCC4)C2=O)cn1. The molecule has 1 fully saturated rings. The number of β-lactam (4-membered cyclic amide) rings is 1. The minimum Gasteiger partial charge on any atom is -0.481 e. The third-order valence-corrected chi connectivity index (χ3v) is 6.48. The van der Waals surface area contributed by atoms with Gasteiger partial charge in [0.05, 0.1) is 25.5 Å². The number of hydrogen-bond acceptors (Lipinski definition) is 6. The number of aromatic nitrogens is 3. The lowest BCUT2D eigenvalue weighted by molar-refractivity contribution is -0.154. The second-order valence-electron chi connectivity index (χ2n) is 8.67. The van der Waals surface area contributed by atoms with E-state index in [0.717, 1.165) is 44.2 Å². The molecule has 0 bridgehead atoms. The molecule has 0 aromatic carbocycles. The molecule has 2 aliphatic rings. The highest BCUT2D eigenvalue weighted by Crippen LogP contribution is 2.34. The molecule has 0 spiro atoms. The van der Waals surface area contributed by atoms with Crippen molar-refractivity contribution < 1.29 is 19.4 Å². The summed E-state index contributed by atoms with van der Waals surface area (Å²) in [6.07, 6.45) is 11.3. The summed E-state index contributed by atoms with van der Waals surface area (Å²) in [5.74, 6) is -0.986. The van der Waals surface area contributed by atoms with Crippen molar-refractivity contribution in [1.29, 1.82) is 0 Å².